The Kier molecular flexibility index (Phi) is 7.18. The number of rotatable bonds is 6. The van der Waals surface area contributed by atoms with Crippen molar-refractivity contribution >= 4 is 6.03 Å². The summed E-state index contributed by atoms with van der Waals surface area (Å²) in [5.41, 5.74) is 0.389. The Balaban J connectivity index is 1.27. The van der Waals surface area contributed by atoms with Crippen LogP contribution < -0.4 is 5.32 Å². The second kappa shape index (κ2) is 10.5. The summed E-state index contributed by atoms with van der Waals surface area (Å²) in [6.45, 7) is 2.06. The lowest BCUT2D eigenvalue weighted by atomic mass is 9.79. The number of likely N-dealkylation sites (tertiary alicyclic amines) is 1. The van der Waals surface area contributed by atoms with Gasteiger partial charge in [0.25, 0.3) is 0 Å². The molecule has 3 fully saturated rings. The highest BCUT2D eigenvalue weighted by atomic mass is 16.7. The van der Waals surface area contributed by atoms with E-state index >= 15 is 0 Å². The van der Waals surface area contributed by atoms with E-state index in [4.69, 9.17) is 9.47 Å². The zero-order valence-corrected chi connectivity index (χ0v) is 19.8. The van der Waals surface area contributed by atoms with Gasteiger partial charge in [-0.15, -0.1) is 0 Å². The van der Waals surface area contributed by atoms with Gasteiger partial charge in [-0.25, -0.2) is 4.79 Å². The van der Waals surface area contributed by atoms with Crippen molar-refractivity contribution in [2.75, 3.05) is 19.8 Å². The second-order valence-electron chi connectivity index (χ2n) is 9.92. The molecule has 6 heteroatoms. The zero-order chi connectivity index (χ0) is 23.4. The highest BCUT2D eigenvalue weighted by molar-refractivity contribution is 5.75. The third-order valence-electron chi connectivity index (χ3n) is 7.81. The van der Waals surface area contributed by atoms with Crippen molar-refractivity contribution in [3.05, 3.63) is 71.8 Å². The SMILES string of the molecule is O=C(NC1CCC(CC2OCCO2)CC1)N1CCC[C@@H]1C(O)(c1ccccc1)c1ccccc1. The fourth-order valence-electron chi connectivity index (χ4n) is 6.00. The lowest BCUT2D eigenvalue weighted by molar-refractivity contribution is -0.0602. The smallest absolute Gasteiger partial charge is 0.317 e. The number of ether oxygens (including phenoxy) is 2. The molecule has 2 saturated heterocycles. The van der Waals surface area contributed by atoms with Crippen LogP contribution in [0.3, 0.4) is 0 Å². The monoisotopic (exact) mass is 464 g/mol. The number of urea groups is 1. The molecule has 1 saturated carbocycles. The number of hydrogen-bond donors (Lipinski definition) is 2. The first-order valence-corrected chi connectivity index (χ1v) is 12.8. The lowest BCUT2D eigenvalue weighted by Gasteiger charge is -2.41. The van der Waals surface area contributed by atoms with E-state index in [-0.39, 0.29) is 24.4 Å². The Morgan fingerprint density at radius 1 is 0.912 bits per heavy atom. The molecule has 2 N–H and O–H groups in total. The van der Waals surface area contributed by atoms with Crippen LogP contribution in [0.25, 0.3) is 0 Å². The summed E-state index contributed by atoms with van der Waals surface area (Å²) in [6, 6.07) is 19.3. The van der Waals surface area contributed by atoms with Gasteiger partial charge in [-0.05, 0) is 55.6 Å². The standard InChI is InChI=1S/C28H36N2O4/c31-27(29-24-15-13-21(14-16-24)20-26-33-18-19-34-26)30-17-7-12-25(30)28(32,22-8-3-1-4-9-22)23-10-5-2-6-11-23/h1-6,8-11,21,24-26,32H,7,12-20H2,(H,29,31)/t21?,24?,25-/m1/s1. The van der Waals surface area contributed by atoms with Crippen molar-refractivity contribution in [2.24, 2.45) is 5.92 Å². The average molecular weight is 465 g/mol. The summed E-state index contributed by atoms with van der Waals surface area (Å²) in [5.74, 6) is 0.594. The Morgan fingerprint density at radius 3 is 2.09 bits per heavy atom. The molecule has 1 aliphatic carbocycles. The molecule has 2 amide bonds. The predicted molar refractivity (Wildman–Crippen MR) is 130 cm³/mol. The van der Waals surface area contributed by atoms with Gasteiger partial charge in [0.15, 0.2) is 6.29 Å². The Morgan fingerprint density at radius 2 is 1.50 bits per heavy atom. The molecule has 6 nitrogen and oxygen atoms in total. The van der Waals surface area contributed by atoms with Gasteiger partial charge in [0.05, 0.1) is 19.3 Å². The van der Waals surface area contributed by atoms with Crippen molar-refractivity contribution in [3.8, 4) is 0 Å². The van der Waals surface area contributed by atoms with Crippen molar-refractivity contribution in [1.82, 2.24) is 10.2 Å². The van der Waals surface area contributed by atoms with Gasteiger partial charge in [-0.2, -0.15) is 0 Å². The minimum absolute atomic E-state index is 0.0462. The maximum Gasteiger partial charge on any atom is 0.317 e. The van der Waals surface area contributed by atoms with Crippen molar-refractivity contribution < 1.29 is 19.4 Å². The number of benzene rings is 2. The third-order valence-corrected chi connectivity index (χ3v) is 7.81. The molecule has 0 spiro atoms. The van der Waals surface area contributed by atoms with Crippen molar-refractivity contribution in [3.63, 3.8) is 0 Å². The largest absolute Gasteiger partial charge is 0.378 e. The molecule has 0 aromatic heterocycles. The number of carbonyl (C=O) groups is 1. The van der Waals surface area contributed by atoms with E-state index in [1.807, 2.05) is 65.6 Å². The highest BCUT2D eigenvalue weighted by Crippen LogP contribution is 2.40. The van der Waals surface area contributed by atoms with E-state index in [1.165, 1.54) is 0 Å². The number of carbonyl (C=O) groups excluding carboxylic acids is 1. The van der Waals surface area contributed by atoms with Crippen LogP contribution in [0.2, 0.25) is 0 Å². The molecule has 0 unspecified atom stereocenters. The first-order valence-electron chi connectivity index (χ1n) is 12.8. The highest BCUT2D eigenvalue weighted by Gasteiger charge is 2.47. The molecule has 34 heavy (non-hydrogen) atoms. The van der Waals surface area contributed by atoms with Crippen LogP contribution in [0.4, 0.5) is 4.79 Å². The Hall–Kier alpha value is -2.41. The number of amides is 2. The lowest BCUT2D eigenvalue weighted by Crippen LogP contribution is -2.54. The third kappa shape index (κ3) is 4.85. The molecule has 0 bridgehead atoms. The molecule has 0 radical (unpaired) electrons. The summed E-state index contributed by atoms with van der Waals surface area (Å²) in [5, 5.41) is 15.5. The van der Waals surface area contributed by atoms with E-state index in [9.17, 15) is 9.90 Å². The molecule has 182 valence electrons. The number of nitrogens with zero attached hydrogens (tertiary/aromatic N) is 1. The first-order chi connectivity index (χ1) is 16.6. The fraction of sp³-hybridized carbons (Fsp3) is 0.536. The van der Waals surface area contributed by atoms with Gasteiger partial charge in [-0.1, -0.05) is 60.7 Å². The molecule has 2 aliphatic heterocycles. The van der Waals surface area contributed by atoms with Gasteiger partial charge < -0.3 is 24.8 Å². The summed E-state index contributed by atoms with van der Waals surface area (Å²) in [7, 11) is 0. The van der Waals surface area contributed by atoms with Gasteiger partial charge in [0.1, 0.15) is 5.60 Å². The maximum atomic E-state index is 13.5. The number of aliphatic hydroxyl groups is 1. The molecule has 2 aromatic rings. The van der Waals surface area contributed by atoms with Crippen LogP contribution in [0.15, 0.2) is 60.7 Å². The zero-order valence-electron chi connectivity index (χ0n) is 19.8. The minimum atomic E-state index is -1.25. The van der Waals surface area contributed by atoms with Crippen LogP contribution in [0.5, 0.6) is 0 Å². The average Bonchev–Trinajstić information content (AvgIpc) is 3.59. The summed E-state index contributed by atoms with van der Waals surface area (Å²) >= 11 is 0. The number of nitrogens with one attached hydrogen (secondary N) is 1. The van der Waals surface area contributed by atoms with E-state index in [0.717, 1.165) is 56.1 Å². The topological polar surface area (TPSA) is 71.0 Å². The molecular formula is C28H36N2O4. The molecule has 2 heterocycles. The van der Waals surface area contributed by atoms with Crippen LogP contribution >= 0.6 is 0 Å². The van der Waals surface area contributed by atoms with Gasteiger partial charge in [0, 0.05) is 19.0 Å². The molecule has 2 aromatic carbocycles. The van der Waals surface area contributed by atoms with Crippen LogP contribution in [0, 0.1) is 5.92 Å². The van der Waals surface area contributed by atoms with Crippen LogP contribution in [-0.4, -0.2) is 54.2 Å². The normalized spacial score (nSPS) is 26.0. The maximum absolute atomic E-state index is 13.5. The molecule has 3 aliphatic rings. The van der Waals surface area contributed by atoms with Gasteiger partial charge in [-0.3, -0.25) is 0 Å². The van der Waals surface area contributed by atoms with Crippen molar-refractivity contribution in [1.29, 1.82) is 0 Å². The van der Waals surface area contributed by atoms with Crippen LogP contribution in [0.1, 0.15) is 56.1 Å². The van der Waals surface area contributed by atoms with E-state index in [0.29, 0.717) is 25.7 Å². The quantitative estimate of drug-likeness (QED) is 0.664. The van der Waals surface area contributed by atoms with Gasteiger partial charge in [0.2, 0.25) is 0 Å². The Labute approximate surface area is 202 Å². The Bertz CT molecular complexity index is 884. The summed E-state index contributed by atoms with van der Waals surface area (Å²) in [4.78, 5) is 15.3. The summed E-state index contributed by atoms with van der Waals surface area (Å²) < 4.78 is 11.2. The minimum Gasteiger partial charge on any atom is -0.378 e. The molecule has 1 atom stereocenters. The fourth-order valence-corrected chi connectivity index (χ4v) is 6.00. The second-order valence-corrected chi connectivity index (χ2v) is 9.92. The molecular weight excluding hydrogens is 428 g/mol. The predicted octanol–water partition coefficient (Wildman–Crippen LogP) is 4.42. The summed E-state index contributed by atoms with van der Waals surface area (Å²) in [6.07, 6.45) is 6.67. The first kappa shape index (κ1) is 23.3. The van der Waals surface area contributed by atoms with Crippen molar-refractivity contribution in [2.45, 2.75) is 68.9 Å². The van der Waals surface area contributed by atoms with E-state index in [2.05, 4.69) is 5.32 Å². The molecule has 5 rings (SSSR count). The van der Waals surface area contributed by atoms with E-state index < -0.39 is 5.60 Å². The van der Waals surface area contributed by atoms with E-state index in [1.54, 1.807) is 0 Å². The number of hydrogen-bond acceptors (Lipinski definition) is 4. The van der Waals surface area contributed by atoms with Gasteiger partial charge >= 0.3 is 6.03 Å². The van der Waals surface area contributed by atoms with Crippen LogP contribution in [-0.2, 0) is 15.1 Å².